The average Bonchev–Trinajstić information content (AvgIpc) is 1.87. The molecule has 54 valence electrons. The molecule has 3 unspecified atom stereocenters. The minimum atomic E-state index is 0.694. The zero-order chi connectivity index (χ0) is 7.07. The van der Waals surface area contributed by atoms with E-state index in [1.807, 2.05) is 0 Å². The highest BCUT2D eigenvalue weighted by molar-refractivity contribution is 4.93. The van der Waals surface area contributed by atoms with Gasteiger partial charge < -0.3 is 0 Å². The Morgan fingerprint density at radius 2 is 2.00 bits per heavy atom. The van der Waals surface area contributed by atoms with Gasteiger partial charge >= 0.3 is 0 Å². The highest BCUT2D eigenvalue weighted by Gasteiger charge is 2.43. The number of rotatable bonds is 1. The lowest BCUT2D eigenvalue weighted by Crippen LogP contribution is -2.42. The first-order valence-electron chi connectivity index (χ1n) is 4.10. The normalized spacial score (nSPS) is 50.7. The van der Waals surface area contributed by atoms with Gasteiger partial charge in [-0.2, -0.15) is 0 Å². The fraction of sp³-hybridized carbons (Fsp3) is 1.00. The van der Waals surface area contributed by atoms with Crippen LogP contribution in [0.15, 0.2) is 0 Å². The maximum absolute atomic E-state index is 2.41. The Morgan fingerprint density at radius 3 is 2.11 bits per heavy atom. The first-order valence-corrected chi connectivity index (χ1v) is 4.10. The molecule has 0 aromatic rings. The molecule has 1 fully saturated rings. The highest BCUT2D eigenvalue weighted by Crippen LogP contribution is 2.52. The third-order valence-corrected chi connectivity index (χ3v) is 3.55. The fourth-order valence-corrected chi connectivity index (χ4v) is 2.09. The third kappa shape index (κ3) is 0.889. The van der Waals surface area contributed by atoms with Crippen LogP contribution in [0.2, 0.25) is 0 Å². The van der Waals surface area contributed by atoms with Crippen molar-refractivity contribution in [1.29, 1.82) is 0 Å². The van der Waals surface area contributed by atoms with Gasteiger partial charge in [-0.25, -0.2) is 0 Å². The maximum atomic E-state index is 2.41. The molecule has 3 atom stereocenters. The van der Waals surface area contributed by atoms with Crippen molar-refractivity contribution in [2.75, 3.05) is 0 Å². The Morgan fingerprint density at radius 1 is 1.44 bits per heavy atom. The molecule has 0 N–H and O–H groups in total. The summed E-state index contributed by atoms with van der Waals surface area (Å²) >= 11 is 0. The molecule has 1 aliphatic rings. The van der Waals surface area contributed by atoms with E-state index in [0.717, 1.165) is 11.8 Å². The monoisotopic (exact) mass is 126 g/mol. The van der Waals surface area contributed by atoms with Gasteiger partial charge in [-0.05, 0) is 23.7 Å². The van der Waals surface area contributed by atoms with E-state index in [9.17, 15) is 0 Å². The second kappa shape index (κ2) is 2.00. The van der Waals surface area contributed by atoms with Crippen molar-refractivity contribution >= 4 is 0 Å². The van der Waals surface area contributed by atoms with Gasteiger partial charge in [0.25, 0.3) is 0 Å². The predicted octanol–water partition coefficient (Wildman–Crippen LogP) is 3.08. The Hall–Kier alpha value is 0. The summed E-state index contributed by atoms with van der Waals surface area (Å²) in [5, 5.41) is 0. The average molecular weight is 126 g/mol. The number of hydrogen-bond acceptors (Lipinski definition) is 0. The molecule has 0 radical (unpaired) electrons. The third-order valence-electron chi connectivity index (χ3n) is 3.55. The molecule has 0 bridgehead atoms. The standard InChI is InChI=1S/C9H18/c1-5-9(4)6-7(2)8(9)3/h7-8H,5-6H2,1-4H3. The van der Waals surface area contributed by atoms with E-state index in [-0.39, 0.29) is 0 Å². The molecule has 1 saturated carbocycles. The van der Waals surface area contributed by atoms with Crippen molar-refractivity contribution in [1.82, 2.24) is 0 Å². The van der Waals surface area contributed by atoms with Crippen LogP contribution >= 0.6 is 0 Å². The summed E-state index contributed by atoms with van der Waals surface area (Å²) in [4.78, 5) is 0. The lowest BCUT2D eigenvalue weighted by Gasteiger charge is -2.50. The molecular weight excluding hydrogens is 108 g/mol. The van der Waals surface area contributed by atoms with E-state index in [1.54, 1.807) is 0 Å². The van der Waals surface area contributed by atoms with Gasteiger partial charge in [0.1, 0.15) is 0 Å². The molecule has 0 nitrogen and oxygen atoms in total. The molecule has 0 heterocycles. The molecule has 0 spiro atoms. The predicted molar refractivity (Wildman–Crippen MR) is 41.3 cm³/mol. The van der Waals surface area contributed by atoms with Crippen LogP contribution in [0, 0.1) is 17.3 Å². The first-order chi connectivity index (χ1) is 4.10. The topological polar surface area (TPSA) is 0 Å². The van der Waals surface area contributed by atoms with Crippen molar-refractivity contribution in [3.05, 3.63) is 0 Å². The molecule has 0 heteroatoms. The maximum Gasteiger partial charge on any atom is -0.0298 e. The minimum absolute atomic E-state index is 0.694. The van der Waals surface area contributed by atoms with Gasteiger partial charge in [0.15, 0.2) is 0 Å². The Labute approximate surface area is 58.7 Å². The molecule has 0 saturated heterocycles. The van der Waals surface area contributed by atoms with Gasteiger partial charge in [0.2, 0.25) is 0 Å². The molecule has 1 rings (SSSR count). The van der Waals surface area contributed by atoms with Gasteiger partial charge in [-0.3, -0.25) is 0 Å². The van der Waals surface area contributed by atoms with Crippen molar-refractivity contribution in [3.63, 3.8) is 0 Å². The van der Waals surface area contributed by atoms with Crippen molar-refractivity contribution < 1.29 is 0 Å². The van der Waals surface area contributed by atoms with Crippen LogP contribution < -0.4 is 0 Å². The summed E-state index contributed by atoms with van der Waals surface area (Å²) in [6.45, 7) is 9.47. The second-order valence-electron chi connectivity index (χ2n) is 3.98. The van der Waals surface area contributed by atoms with Crippen LogP contribution in [-0.4, -0.2) is 0 Å². The van der Waals surface area contributed by atoms with Gasteiger partial charge in [0, 0.05) is 0 Å². The summed E-state index contributed by atoms with van der Waals surface area (Å²) in [5.74, 6) is 1.94. The van der Waals surface area contributed by atoms with Crippen molar-refractivity contribution in [2.45, 2.75) is 40.5 Å². The Bertz CT molecular complexity index is 107. The smallest absolute Gasteiger partial charge is 0.0298 e. The molecule has 9 heavy (non-hydrogen) atoms. The molecule has 0 aliphatic heterocycles. The van der Waals surface area contributed by atoms with E-state index >= 15 is 0 Å². The summed E-state index contributed by atoms with van der Waals surface area (Å²) in [5.41, 5.74) is 0.694. The highest BCUT2D eigenvalue weighted by atomic mass is 14.5. The van der Waals surface area contributed by atoms with E-state index in [4.69, 9.17) is 0 Å². The van der Waals surface area contributed by atoms with Crippen molar-refractivity contribution in [3.8, 4) is 0 Å². The summed E-state index contributed by atoms with van der Waals surface area (Å²) in [7, 11) is 0. The minimum Gasteiger partial charge on any atom is -0.0649 e. The fourth-order valence-electron chi connectivity index (χ4n) is 2.09. The largest absolute Gasteiger partial charge is 0.0649 e. The van der Waals surface area contributed by atoms with E-state index < -0.39 is 0 Å². The second-order valence-corrected chi connectivity index (χ2v) is 3.98. The molecule has 0 aromatic carbocycles. The van der Waals surface area contributed by atoms with Crippen LogP contribution in [0.25, 0.3) is 0 Å². The number of hydrogen-bond donors (Lipinski definition) is 0. The van der Waals surface area contributed by atoms with Gasteiger partial charge in [0.05, 0.1) is 0 Å². The molecule has 0 amide bonds. The van der Waals surface area contributed by atoms with Gasteiger partial charge in [-0.15, -0.1) is 0 Å². The zero-order valence-corrected chi connectivity index (χ0v) is 7.07. The van der Waals surface area contributed by atoms with Gasteiger partial charge in [-0.1, -0.05) is 34.1 Å². The quantitative estimate of drug-likeness (QED) is 0.506. The molecular formula is C9H18. The Kier molecular flexibility index (Phi) is 1.58. The van der Waals surface area contributed by atoms with Crippen LogP contribution in [0.4, 0.5) is 0 Å². The van der Waals surface area contributed by atoms with E-state index in [2.05, 4.69) is 27.7 Å². The van der Waals surface area contributed by atoms with Crippen LogP contribution in [0.3, 0.4) is 0 Å². The van der Waals surface area contributed by atoms with Crippen molar-refractivity contribution in [2.24, 2.45) is 17.3 Å². The molecule has 0 aromatic heterocycles. The SMILES string of the molecule is CCC1(C)CC(C)C1C. The first kappa shape index (κ1) is 7.11. The van der Waals surface area contributed by atoms with Crippen LogP contribution in [0.5, 0.6) is 0 Å². The van der Waals surface area contributed by atoms with Crippen LogP contribution in [-0.2, 0) is 0 Å². The molecule has 1 aliphatic carbocycles. The summed E-state index contributed by atoms with van der Waals surface area (Å²) < 4.78 is 0. The summed E-state index contributed by atoms with van der Waals surface area (Å²) in [6, 6.07) is 0. The Balaban J connectivity index is 2.48. The van der Waals surface area contributed by atoms with E-state index in [1.165, 1.54) is 12.8 Å². The lowest BCUT2D eigenvalue weighted by molar-refractivity contribution is -0.00670. The zero-order valence-electron chi connectivity index (χ0n) is 7.07. The summed E-state index contributed by atoms with van der Waals surface area (Å²) in [6.07, 6.45) is 2.81. The van der Waals surface area contributed by atoms with Crippen LogP contribution in [0.1, 0.15) is 40.5 Å². The van der Waals surface area contributed by atoms with E-state index in [0.29, 0.717) is 5.41 Å². The lowest BCUT2D eigenvalue weighted by atomic mass is 9.55.